The molecule has 0 saturated carbocycles. The molecule has 0 spiro atoms. The number of halogens is 17. The Balaban J connectivity index is 1.91. The number of carbonyl (C=O) groups is 1. The van der Waals surface area contributed by atoms with Gasteiger partial charge in [0.15, 0.2) is 0 Å². The van der Waals surface area contributed by atoms with Gasteiger partial charge in [0.2, 0.25) is 0 Å². The Morgan fingerprint density at radius 2 is 1.14 bits per heavy atom. The minimum atomic E-state index is -8.65. The molecule has 0 aliphatic rings. The largest absolute Gasteiger partial charge is 0.393 e. The van der Waals surface area contributed by atoms with Crippen LogP contribution in [0.2, 0.25) is 0 Å². The van der Waals surface area contributed by atoms with Gasteiger partial charge in [-0.05, 0) is 60.5 Å². The first-order valence-electron chi connectivity index (χ1n) is 11.1. The van der Waals surface area contributed by atoms with Crippen molar-refractivity contribution in [1.82, 2.24) is 4.98 Å². The van der Waals surface area contributed by atoms with E-state index in [0.29, 0.717) is 27.4 Å². The molecule has 1 N–H and O–H groups in total. The fourth-order valence-electron chi connectivity index (χ4n) is 3.37. The molecule has 0 saturated heterocycles. The van der Waals surface area contributed by atoms with Crippen molar-refractivity contribution in [1.29, 1.82) is 0 Å². The van der Waals surface area contributed by atoms with Crippen molar-refractivity contribution < 1.29 is 75.0 Å². The standard InChI is InChI=1S/C23H11ClF16N2OS/c1-9-2-7-12-13(8-9)44-14(42-12)10-3-5-11(6-4-10)41-15(43)16(25,26)17(27,28)18(29,30)19(31,32)20(33,34)21(35,36)22(37,38)23(24,39)40/h2-8H,1H3,(H,41,43). The number of fused-ring (bicyclic) bond motifs is 1. The van der Waals surface area contributed by atoms with E-state index in [4.69, 9.17) is 0 Å². The normalized spacial score (nSPS) is 14.7. The summed E-state index contributed by atoms with van der Waals surface area (Å²) in [5, 5.41) is -5.67. The molecule has 2 aromatic carbocycles. The van der Waals surface area contributed by atoms with Gasteiger partial charge in [-0.1, -0.05) is 6.07 Å². The number of nitrogens with one attached hydrogen (secondary N) is 1. The molecule has 0 aliphatic carbocycles. The fourth-order valence-corrected chi connectivity index (χ4v) is 4.56. The van der Waals surface area contributed by atoms with E-state index in [9.17, 15) is 75.0 Å². The van der Waals surface area contributed by atoms with Crippen molar-refractivity contribution in [3.63, 3.8) is 0 Å². The van der Waals surface area contributed by atoms with E-state index < -0.39 is 58.4 Å². The molecule has 44 heavy (non-hydrogen) atoms. The zero-order valence-electron chi connectivity index (χ0n) is 20.7. The SMILES string of the molecule is Cc1ccc2nc(-c3ccc(NC(=O)C(F)(F)C(F)(F)C(F)(F)C(F)(F)C(F)(F)C(F)(F)C(F)(F)C(F)(F)Cl)cc3)sc2c1. The average molecular weight is 703 g/mol. The molecule has 21 heteroatoms. The Morgan fingerprint density at radius 3 is 1.61 bits per heavy atom. The Kier molecular flexibility index (Phi) is 8.47. The second-order valence-corrected chi connectivity index (χ2v) is 10.5. The van der Waals surface area contributed by atoms with Crippen molar-refractivity contribution in [3.8, 4) is 10.6 Å². The molecule has 1 heterocycles. The summed E-state index contributed by atoms with van der Waals surface area (Å²) >= 11 is 4.60. The summed E-state index contributed by atoms with van der Waals surface area (Å²) in [6.45, 7) is 1.77. The molecule has 0 bridgehead atoms. The molecular weight excluding hydrogens is 692 g/mol. The van der Waals surface area contributed by atoms with E-state index >= 15 is 0 Å². The van der Waals surface area contributed by atoms with E-state index in [1.807, 2.05) is 0 Å². The smallest absolute Gasteiger partial charge is 0.321 e. The summed E-state index contributed by atoms with van der Waals surface area (Å²) in [5.41, 5.74) is 0.713. The van der Waals surface area contributed by atoms with Crippen LogP contribution in [0.15, 0.2) is 42.5 Å². The highest BCUT2D eigenvalue weighted by Gasteiger charge is 2.95. The van der Waals surface area contributed by atoms with Gasteiger partial charge in [-0.2, -0.15) is 70.2 Å². The monoisotopic (exact) mass is 702 g/mol. The molecule has 0 atom stereocenters. The van der Waals surface area contributed by atoms with Gasteiger partial charge in [0.25, 0.3) is 0 Å². The van der Waals surface area contributed by atoms with Gasteiger partial charge in [-0.25, -0.2) is 4.98 Å². The van der Waals surface area contributed by atoms with Crippen molar-refractivity contribution in [2.75, 3.05) is 5.32 Å². The first kappa shape index (κ1) is 35.4. The summed E-state index contributed by atoms with van der Waals surface area (Å²) in [7, 11) is 0. The van der Waals surface area contributed by atoms with Gasteiger partial charge >= 0.3 is 52.7 Å². The quantitative estimate of drug-likeness (QED) is 0.169. The maximum atomic E-state index is 14.2. The van der Waals surface area contributed by atoms with E-state index in [1.165, 1.54) is 0 Å². The highest BCUT2D eigenvalue weighted by Crippen LogP contribution is 2.64. The summed E-state index contributed by atoms with van der Waals surface area (Å²) < 4.78 is 219. The third kappa shape index (κ3) is 5.10. The number of benzene rings is 2. The number of carbonyl (C=O) groups excluding carboxylic acids is 1. The minimum Gasteiger partial charge on any atom is -0.321 e. The van der Waals surface area contributed by atoms with E-state index in [0.717, 1.165) is 34.3 Å². The molecule has 0 unspecified atom stereocenters. The van der Waals surface area contributed by atoms with Crippen molar-refractivity contribution in [2.45, 2.75) is 53.8 Å². The van der Waals surface area contributed by atoms with Crippen molar-refractivity contribution in [2.24, 2.45) is 0 Å². The first-order chi connectivity index (χ1) is 19.6. The van der Waals surface area contributed by atoms with Crippen molar-refractivity contribution >= 4 is 44.7 Å². The first-order valence-corrected chi connectivity index (χ1v) is 12.3. The number of aryl methyl sites for hydroxylation is 1. The molecule has 3 rings (SSSR count). The van der Waals surface area contributed by atoms with Crippen LogP contribution in [0.4, 0.5) is 75.9 Å². The second-order valence-electron chi connectivity index (χ2n) is 9.04. The topological polar surface area (TPSA) is 42.0 Å². The summed E-state index contributed by atoms with van der Waals surface area (Å²) in [6.07, 6.45) is 0. The third-order valence-electron chi connectivity index (χ3n) is 5.94. The summed E-state index contributed by atoms with van der Waals surface area (Å²) in [5.74, 6) is -60.7. The molecule has 1 amide bonds. The lowest BCUT2D eigenvalue weighted by Crippen LogP contribution is -2.75. The summed E-state index contributed by atoms with van der Waals surface area (Å²) in [6, 6.07) is 8.60. The predicted octanol–water partition coefficient (Wildman–Crippen LogP) is 9.49. The lowest BCUT2D eigenvalue weighted by molar-refractivity contribution is -0.445. The van der Waals surface area contributed by atoms with Crippen LogP contribution >= 0.6 is 22.9 Å². The second kappa shape index (κ2) is 10.5. The number of hydrogen-bond acceptors (Lipinski definition) is 3. The molecule has 0 fully saturated rings. The van der Waals surface area contributed by atoms with Gasteiger partial charge in [0, 0.05) is 11.3 Å². The Morgan fingerprint density at radius 1 is 0.682 bits per heavy atom. The van der Waals surface area contributed by atoms with Crippen LogP contribution in [-0.2, 0) is 4.79 Å². The highest BCUT2D eigenvalue weighted by atomic mass is 35.5. The number of aromatic nitrogens is 1. The number of anilines is 1. The average Bonchev–Trinajstić information content (AvgIpc) is 3.30. The molecule has 0 radical (unpaired) electrons. The molecule has 1 aromatic heterocycles. The molecular formula is C23H11ClF16N2OS. The third-order valence-corrected chi connectivity index (χ3v) is 7.25. The zero-order valence-corrected chi connectivity index (χ0v) is 22.3. The number of alkyl halides is 17. The minimum absolute atomic E-state index is 0.229. The van der Waals surface area contributed by atoms with Crippen LogP contribution in [0.1, 0.15) is 5.56 Å². The van der Waals surface area contributed by atoms with Gasteiger partial charge < -0.3 is 5.32 Å². The summed E-state index contributed by atoms with van der Waals surface area (Å²) in [4.78, 5) is 16.0. The van der Waals surface area contributed by atoms with E-state index in [-0.39, 0.29) is 5.56 Å². The highest BCUT2D eigenvalue weighted by molar-refractivity contribution is 7.21. The number of thiazole rings is 1. The van der Waals surface area contributed by atoms with Gasteiger partial charge in [-0.3, -0.25) is 4.79 Å². The predicted molar refractivity (Wildman–Crippen MR) is 124 cm³/mol. The maximum Gasteiger partial charge on any atom is 0.393 e. The number of hydrogen-bond donors (Lipinski definition) is 1. The van der Waals surface area contributed by atoms with Gasteiger partial charge in [0.05, 0.1) is 10.2 Å². The molecule has 3 aromatic rings. The lowest BCUT2D eigenvalue weighted by Gasteiger charge is -2.42. The molecule has 3 nitrogen and oxygen atoms in total. The Labute approximate surface area is 242 Å². The molecule has 0 aliphatic heterocycles. The van der Waals surface area contributed by atoms with Crippen LogP contribution in [0.3, 0.4) is 0 Å². The fraction of sp³-hybridized carbons (Fsp3) is 0.391. The van der Waals surface area contributed by atoms with E-state index in [1.54, 1.807) is 25.1 Å². The lowest BCUT2D eigenvalue weighted by atomic mass is 9.89. The van der Waals surface area contributed by atoms with Crippen LogP contribution in [0.25, 0.3) is 20.8 Å². The maximum absolute atomic E-state index is 14.2. The molecule has 244 valence electrons. The van der Waals surface area contributed by atoms with Crippen molar-refractivity contribution in [3.05, 3.63) is 48.0 Å². The van der Waals surface area contributed by atoms with Crippen LogP contribution in [-0.4, -0.2) is 57.7 Å². The Hall–Kier alpha value is -3.03. The van der Waals surface area contributed by atoms with Gasteiger partial charge in [-0.15, -0.1) is 11.3 Å². The van der Waals surface area contributed by atoms with Crippen LogP contribution < -0.4 is 5.32 Å². The number of amides is 1. The number of nitrogens with zero attached hydrogens (tertiary/aromatic N) is 1. The van der Waals surface area contributed by atoms with Gasteiger partial charge in [0.1, 0.15) is 5.01 Å². The Bertz CT molecular complexity index is 1550. The van der Waals surface area contributed by atoms with Crippen LogP contribution in [0, 0.1) is 6.92 Å². The van der Waals surface area contributed by atoms with E-state index in [2.05, 4.69) is 16.6 Å². The number of rotatable bonds is 10. The zero-order chi connectivity index (χ0) is 34.1. The van der Waals surface area contributed by atoms with Crippen LogP contribution in [0.5, 0.6) is 0 Å².